The summed E-state index contributed by atoms with van der Waals surface area (Å²) in [6.45, 7) is 19.7. The van der Waals surface area contributed by atoms with E-state index in [1.165, 1.54) is 22.2 Å². The van der Waals surface area contributed by atoms with Gasteiger partial charge in [0, 0.05) is 43.4 Å². The number of furan rings is 1. The summed E-state index contributed by atoms with van der Waals surface area (Å²) in [5.41, 5.74) is 5.57. The number of nitrogens with zero attached hydrogens (tertiary/aromatic N) is 2. The van der Waals surface area contributed by atoms with Crippen molar-refractivity contribution in [1.29, 1.82) is 0 Å². The third kappa shape index (κ3) is 9.07. The Balaban J connectivity index is 0.000000322. The summed E-state index contributed by atoms with van der Waals surface area (Å²) >= 11 is 0. The van der Waals surface area contributed by atoms with E-state index >= 15 is 0 Å². The summed E-state index contributed by atoms with van der Waals surface area (Å²) < 4.78 is 6.36. The van der Waals surface area contributed by atoms with Gasteiger partial charge in [0.2, 0.25) is 0 Å². The van der Waals surface area contributed by atoms with Gasteiger partial charge in [-0.1, -0.05) is 96.4 Å². The average Bonchev–Trinajstić information content (AvgIpc) is 3.39. The van der Waals surface area contributed by atoms with Gasteiger partial charge in [0.25, 0.3) is 0 Å². The molecule has 0 aliphatic heterocycles. The molecule has 0 saturated heterocycles. The Morgan fingerprint density at radius 3 is 2.19 bits per heavy atom. The summed E-state index contributed by atoms with van der Waals surface area (Å²) in [5.74, 6) is 1.15. The molecule has 0 aliphatic rings. The zero-order valence-electron chi connectivity index (χ0n) is 29.5. The second kappa shape index (κ2) is 16.8. The van der Waals surface area contributed by atoms with Crippen molar-refractivity contribution in [3.05, 3.63) is 78.3 Å². The van der Waals surface area contributed by atoms with Crippen LogP contribution in [0.5, 0.6) is 0 Å². The van der Waals surface area contributed by atoms with Crippen LogP contribution in [0, 0.1) is 23.8 Å². The molecule has 47 heavy (non-hydrogen) atoms. The number of carbonyl (C=O) groups excluding carboxylic acids is 1. The van der Waals surface area contributed by atoms with Crippen molar-refractivity contribution in [3.8, 4) is 11.3 Å². The third-order valence-corrected chi connectivity index (χ3v) is 10.9. The molecule has 1 N–H and O–H groups in total. The first kappa shape index (κ1) is 38.3. The standard InChI is InChI=1S/C27H27N2OSi.C13H24O2.Ir/c1-17(2)12-18-10-11-22-23(13-18)30-27-25(28-16-29-26(22)27)20-14-19-8-6-7-9-21(19)24(15-20)31(3,4)5;1-5-10(6-2)12(14)9-13(15)11(7-3)8-4;/h6-11,13,15-17H,12H2,1-5H3;9-11,14H,5-8H2,1-4H3;/q-1;;/b;12-9-;. The Kier molecular flexibility index (Phi) is 13.7. The van der Waals surface area contributed by atoms with Gasteiger partial charge in [-0.25, -0.2) is 4.98 Å². The van der Waals surface area contributed by atoms with Crippen LogP contribution in [0.3, 0.4) is 0 Å². The zero-order valence-corrected chi connectivity index (χ0v) is 32.9. The first-order valence-electron chi connectivity index (χ1n) is 17.0. The molecule has 0 atom stereocenters. The average molecular weight is 828 g/mol. The summed E-state index contributed by atoms with van der Waals surface area (Å²) in [6, 6.07) is 20.9. The van der Waals surface area contributed by atoms with Crippen molar-refractivity contribution in [1.82, 2.24) is 9.97 Å². The number of allylic oxidation sites excluding steroid dienone is 2. The van der Waals surface area contributed by atoms with Crippen molar-refractivity contribution in [3.63, 3.8) is 0 Å². The van der Waals surface area contributed by atoms with Gasteiger partial charge < -0.3 is 9.52 Å². The predicted octanol–water partition coefficient (Wildman–Crippen LogP) is 10.6. The number of ketones is 1. The van der Waals surface area contributed by atoms with E-state index in [1.54, 1.807) is 6.33 Å². The van der Waals surface area contributed by atoms with Gasteiger partial charge >= 0.3 is 0 Å². The molecule has 0 unspecified atom stereocenters. The number of hydrogen-bond donors (Lipinski definition) is 1. The van der Waals surface area contributed by atoms with Crippen LogP contribution in [-0.2, 0) is 31.3 Å². The predicted molar refractivity (Wildman–Crippen MR) is 196 cm³/mol. The molecule has 253 valence electrons. The SMILES string of the molecule is CC(C)Cc1ccc2c(c1)oc1c(-c3[c-]c4ccccc4c([Si](C)(C)C)c3)ncnc12.CCC(CC)C(=O)/C=C(\O)C(CC)CC.[Ir]. The van der Waals surface area contributed by atoms with E-state index in [9.17, 15) is 9.90 Å². The second-order valence-corrected chi connectivity index (χ2v) is 18.9. The molecule has 2 aromatic heterocycles. The molecule has 1 radical (unpaired) electrons. The molecule has 0 fully saturated rings. The van der Waals surface area contributed by atoms with Crippen LogP contribution in [0.15, 0.2) is 71.1 Å². The van der Waals surface area contributed by atoms with E-state index in [0.29, 0.717) is 5.92 Å². The van der Waals surface area contributed by atoms with Gasteiger partial charge in [0.05, 0.1) is 19.5 Å². The van der Waals surface area contributed by atoms with Gasteiger partial charge in [-0.2, -0.15) is 0 Å². The van der Waals surface area contributed by atoms with Crippen molar-refractivity contribution in [2.45, 2.75) is 93.3 Å². The summed E-state index contributed by atoms with van der Waals surface area (Å²) in [7, 11) is -1.58. The van der Waals surface area contributed by atoms with Crippen LogP contribution in [0.25, 0.3) is 44.1 Å². The maximum absolute atomic E-state index is 11.7. The number of carbonyl (C=O) groups is 1. The number of hydrogen-bond acceptors (Lipinski definition) is 5. The molecule has 0 saturated carbocycles. The molecule has 5 nitrogen and oxygen atoms in total. The Morgan fingerprint density at radius 1 is 0.915 bits per heavy atom. The Morgan fingerprint density at radius 2 is 1.57 bits per heavy atom. The van der Waals surface area contributed by atoms with Crippen LogP contribution >= 0.6 is 0 Å². The van der Waals surface area contributed by atoms with Gasteiger partial charge in [-0.15, -0.1) is 28.8 Å². The fourth-order valence-electron chi connectivity index (χ4n) is 6.17. The van der Waals surface area contributed by atoms with Gasteiger partial charge in [-0.05, 0) is 55.7 Å². The number of aliphatic hydroxyl groups excluding tert-OH is 1. The molecule has 5 aromatic rings. The minimum absolute atomic E-state index is 0. The molecule has 3 aromatic carbocycles. The number of aliphatic hydroxyl groups is 1. The zero-order chi connectivity index (χ0) is 33.6. The number of benzene rings is 3. The monoisotopic (exact) mass is 828 g/mol. The molecule has 0 amide bonds. The Bertz CT molecular complexity index is 1830. The minimum atomic E-state index is -1.58. The fourth-order valence-corrected chi connectivity index (χ4v) is 7.77. The summed E-state index contributed by atoms with van der Waals surface area (Å²) in [5, 5.41) is 14.6. The van der Waals surface area contributed by atoms with Crippen molar-refractivity contribution in [2.75, 3.05) is 0 Å². The molecule has 0 bridgehead atoms. The maximum Gasteiger partial charge on any atom is 0.162 e. The van der Waals surface area contributed by atoms with Crippen LogP contribution in [0.4, 0.5) is 0 Å². The van der Waals surface area contributed by atoms with E-state index in [1.807, 2.05) is 27.7 Å². The van der Waals surface area contributed by atoms with Crippen molar-refractivity contribution in [2.24, 2.45) is 17.8 Å². The normalized spacial score (nSPS) is 12.2. The topological polar surface area (TPSA) is 76.2 Å². The Hall–Kier alpha value is -3.12. The van der Waals surface area contributed by atoms with Gasteiger partial charge in [-0.3, -0.25) is 9.78 Å². The number of fused-ring (bicyclic) bond motifs is 4. The maximum atomic E-state index is 11.7. The van der Waals surface area contributed by atoms with Crippen LogP contribution < -0.4 is 5.19 Å². The van der Waals surface area contributed by atoms with E-state index in [4.69, 9.17) is 4.42 Å². The van der Waals surface area contributed by atoms with Crippen molar-refractivity contribution < 1.29 is 34.4 Å². The molecule has 0 aliphatic carbocycles. The summed E-state index contributed by atoms with van der Waals surface area (Å²) in [6.07, 6.45) is 7.58. The number of aromatic nitrogens is 2. The minimum Gasteiger partial charge on any atom is -0.512 e. The van der Waals surface area contributed by atoms with E-state index in [-0.39, 0.29) is 43.5 Å². The first-order valence-corrected chi connectivity index (χ1v) is 20.5. The molecular weight excluding hydrogens is 777 g/mol. The molecule has 0 spiro atoms. The fraction of sp³-hybridized carbons (Fsp3) is 0.425. The van der Waals surface area contributed by atoms with E-state index in [0.717, 1.165) is 70.8 Å². The molecular formula is C40H51IrN2O3Si-. The van der Waals surface area contributed by atoms with Gasteiger partial charge in [0.1, 0.15) is 23.0 Å². The molecule has 5 rings (SSSR count). The van der Waals surface area contributed by atoms with Gasteiger partial charge in [0.15, 0.2) is 5.78 Å². The largest absolute Gasteiger partial charge is 0.512 e. The number of rotatable bonds is 11. The van der Waals surface area contributed by atoms with E-state index < -0.39 is 8.07 Å². The third-order valence-electron chi connectivity index (χ3n) is 8.88. The molecule has 7 heteroatoms. The molecule has 2 heterocycles. The smallest absolute Gasteiger partial charge is 0.162 e. The second-order valence-electron chi connectivity index (χ2n) is 13.8. The van der Waals surface area contributed by atoms with Crippen LogP contribution in [0.1, 0.15) is 72.8 Å². The Labute approximate surface area is 295 Å². The summed E-state index contributed by atoms with van der Waals surface area (Å²) in [4.78, 5) is 20.9. The van der Waals surface area contributed by atoms with Crippen LogP contribution in [0.2, 0.25) is 19.6 Å². The van der Waals surface area contributed by atoms with Crippen molar-refractivity contribution >= 4 is 51.9 Å². The van der Waals surface area contributed by atoms with E-state index in [2.05, 4.69) is 98.1 Å². The quantitative estimate of drug-likeness (QED) is 0.0621. The first-order chi connectivity index (χ1) is 21.9. The van der Waals surface area contributed by atoms with Crippen LogP contribution in [-0.4, -0.2) is 28.9 Å².